The second kappa shape index (κ2) is 9.58. The molecule has 2 aliphatic heterocycles. The molecule has 188 valence electrons. The molecule has 0 unspecified atom stereocenters. The van der Waals surface area contributed by atoms with Crippen LogP contribution in [0.1, 0.15) is 42.7 Å². The molecule has 3 atom stereocenters. The van der Waals surface area contributed by atoms with Crippen molar-refractivity contribution in [3.05, 3.63) is 78.0 Å². The van der Waals surface area contributed by atoms with Crippen molar-refractivity contribution in [2.24, 2.45) is 5.92 Å². The van der Waals surface area contributed by atoms with E-state index in [1.807, 2.05) is 74.5 Å². The van der Waals surface area contributed by atoms with E-state index in [1.54, 1.807) is 6.07 Å². The number of benzene rings is 2. The summed E-state index contributed by atoms with van der Waals surface area (Å²) in [7, 11) is 0. The summed E-state index contributed by atoms with van der Waals surface area (Å²) in [5.74, 6) is -0.830. The van der Waals surface area contributed by atoms with Gasteiger partial charge in [-0.15, -0.1) is 0 Å². The Morgan fingerprint density at radius 1 is 1.11 bits per heavy atom. The Balaban J connectivity index is 1.38. The normalized spacial score (nSPS) is 21.0. The Kier molecular flexibility index (Phi) is 6.30. The van der Waals surface area contributed by atoms with Gasteiger partial charge in [0.2, 0.25) is 11.8 Å². The average Bonchev–Trinajstić information content (AvgIpc) is 3.61. The number of hydrogen-bond donors (Lipinski definition) is 3. The van der Waals surface area contributed by atoms with E-state index < -0.39 is 23.4 Å². The van der Waals surface area contributed by atoms with Gasteiger partial charge in [0.05, 0.1) is 11.5 Å². The van der Waals surface area contributed by atoms with Crippen molar-refractivity contribution in [2.75, 3.05) is 11.9 Å². The molecule has 2 aromatic carbocycles. The van der Waals surface area contributed by atoms with Gasteiger partial charge in [0.15, 0.2) is 0 Å². The Bertz CT molecular complexity index is 1390. The number of nitrogens with zero attached hydrogens (tertiary/aromatic N) is 2. The van der Waals surface area contributed by atoms with Gasteiger partial charge in [0.1, 0.15) is 17.8 Å². The second-order valence-electron chi connectivity index (χ2n) is 10.2. The van der Waals surface area contributed by atoms with Crippen LogP contribution in [0.2, 0.25) is 0 Å². The van der Waals surface area contributed by atoms with Crippen LogP contribution in [0, 0.1) is 17.2 Å². The number of anilines is 1. The average molecular weight is 496 g/mol. The molecule has 1 spiro atoms. The highest BCUT2D eigenvalue weighted by atomic mass is 16.2. The van der Waals surface area contributed by atoms with E-state index in [-0.39, 0.29) is 30.7 Å². The molecule has 3 N–H and O–H groups in total. The van der Waals surface area contributed by atoms with Crippen LogP contribution in [0.25, 0.3) is 11.3 Å². The number of para-hydroxylation sites is 1. The topological polar surface area (TPSA) is 118 Å². The molecular weight excluding hydrogens is 466 g/mol. The first kappa shape index (κ1) is 24.3. The largest absolute Gasteiger partial charge is 0.351 e. The number of nitrogens with one attached hydrogen (secondary N) is 3. The predicted molar refractivity (Wildman–Crippen MR) is 139 cm³/mol. The van der Waals surface area contributed by atoms with Crippen LogP contribution < -0.4 is 10.6 Å². The SMILES string of the molecule is CC(C)C[C@H](NC(=O)c1ccc(-c2ccccc2)[nH]1)C(=O)N1C[C@]2(C[C@H]1C#N)C(=O)Nc1ccccc12. The lowest BCUT2D eigenvalue weighted by atomic mass is 9.80. The molecule has 1 saturated heterocycles. The first-order chi connectivity index (χ1) is 17.8. The van der Waals surface area contributed by atoms with Crippen LogP contribution in [0.3, 0.4) is 0 Å². The van der Waals surface area contributed by atoms with Crippen LogP contribution in [-0.2, 0) is 15.0 Å². The van der Waals surface area contributed by atoms with E-state index in [0.717, 1.165) is 16.8 Å². The Morgan fingerprint density at radius 3 is 2.57 bits per heavy atom. The maximum atomic E-state index is 13.8. The number of H-pyrrole nitrogens is 1. The van der Waals surface area contributed by atoms with Crippen molar-refractivity contribution in [3.63, 3.8) is 0 Å². The number of aromatic nitrogens is 1. The number of amides is 3. The van der Waals surface area contributed by atoms with Gasteiger partial charge in [0.25, 0.3) is 5.91 Å². The van der Waals surface area contributed by atoms with Crippen molar-refractivity contribution >= 4 is 23.4 Å². The molecule has 0 bridgehead atoms. The predicted octanol–water partition coefficient (Wildman–Crippen LogP) is 3.84. The van der Waals surface area contributed by atoms with Crippen LogP contribution in [0.5, 0.6) is 0 Å². The summed E-state index contributed by atoms with van der Waals surface area (Å²) in [6, 6.07) is 21.2. The third-order valence-electron chi connectivity index (χ3n) is 7.24. The summed E-state index contributed by atoms with van der Waals surface area (Å²) in [5.41, 5.74) is 2.65. The molecule has 0 aliphatic carbocycles. The molecule has 3 amide bonds. The standard InChI is InChI=1S/C29H29N5O3/c1-18(2)14-25(32-26(35)24-13-12-22(31-24)19-8-4-3-5-9-19)27(36)34-17-29(15-20(34)16-30)21-10-6-7-11-23(21)33-28(29)37/h3-13,18,20,25,31H,14-15,17H2,1-2H3,(H,32,35)(H,33,37)/t20-,25-,29-/m0/s1. The number of hydrogen-bond acceptors (Lipinski definition) is 4. The summed E-state index contributed by atoms with van der Waals surface area (Å²) < 4.78 is 0. The summed E-state index contributed by atoms with van der Waals surface area (Å²) in [6.45, 7) is 4.04. The van der Waals surface area contributed by atoms with E-state index in [2.05, 4.69) is 21.7 Å². The van der Waals surface area contributed by atoms with Crippen LogP contribution >= 0.6 is 0 Å². The molecule has 8 heteroatoms. The fourth-order valence-corrected chi connectivity index (χ4v) is 5.43. The van der Waals surface area contributed by atoms with Gasteiger partial charge >= 0.3 is 0 Å². The third-order valence-corrected chi connectivity index (χ3v) is 7.24. The molecule has 3 heterocycles. The third kappa shape index (κ3) is 4.38. The number of nitriles is 1. The van der Waals surface area contributed by atoms with E-state index in [4.69, 9.17) is 0 Å². The lowest BCUT2D eigenvalue weighted by Crippen LogP contribution is -2.51. The van der Waals surface area contributed by atoms with Gasteiger partial charge in [0, 0.05) is 24.3 Å². The second-order valence-corrected chi connectivity index (χ2v) is 10.2. The molecule has 1 aromatic heterocycles. The molecule has 0 saturated carbocycles. The summed E-state index contributed by atoms with van der Waals surface area (Å²) in [5, 5.41) is 15.7. The van der Waals surface area contributed by atoms with Gasteiger partial charge < -0.3 is 20.5 Å². The summed E-state index contributed by atoms with van der Waals surface area (Å²) in [4.78, 5) is 44.7. The number of rotatable bonds is 6. The fourth-order valence-electron chi connectivity index (χ4n) is 5.43. The first-order valence-corrected chi connectivity index (χ1v) is 12.5. The van der Waals surface area contributed by atoms with Gasteiger partial charge in [-0.3, -0.25) is 14.4 Å². The number of fused-ring (bicyclic) bond motifs is 2. The minimum Gasteiger partial charge on any atom is -0.351 e. The van der Waals surface area contributed by atoms with Gasteiger partial charge in [-0.2, -0.15) is 5.26 Å². The van der Waals surface area contributed by atoms with E-state index >= 15 is 0 Å². The van der Waals surface area contributed by atoms with E-state index in [1.165, 1.54) is 4.90 Å². The molecule has 2 aliphatic rings. The van der Waals surface area contributed by atoms with Crippen molar-refractivity contribution in [1.29, 1.82) is 5.26 Å². The smallest absolute Gasteiger partial charge is 0.268 e. The molecule has 1 fully saturated rings. The number of carbonyl (C=O) groups is 3. The number of carbonyl (C=O) groups excluding carboxylic acids is 3. The zero-order valence-electron chi connectivity index (χ0n) is 20.8. The highest BCUT2D eigenvalue weighted by molar-refractivity contribution is 6.07. The maximum absolute atomic E-state index is 13.8. The Hall–Kier alpha value is -4.38. The zero-order chi connectivity index (χ0) is 26.2. The zero-order valence-corrected chi connectivity index (χ0v) is 20.8. The monoisotopic (exact) mass is 495 g/mol. The van der Waals surface area contributed by atoms with Crippen LogP contribution in [0.4, 0.5) is 5.69 Å². The lowest BCUT2D eigenvalue weighted by Gasteiger charge is -2.28. The van der Waals surface area contributed by atoms with Crippen molar-refractivity contribution in [3.8, 4) is 17.3 Å². The van der Waals surface area contributed by atoms with Crippen LogP contribution in [-0.4, -0.2) is 46.2 Å². The first-order valence-electron chi connectivity index (χ1n) is 12.5. The van der Waals surface area contributed by atoms with Crippen molar-refractivity contribution < 1.29 is 14.4 Å². The quantitative estimate of drug-likeness (QED) is 0.481. The molecule has 37 heavy (non-hydrogen) atoms. The van der Waals surface area contributed by atoms with Crippen molar-refractivity contribution in [1.82, 2.24) is 15.2 Å². The molecule has 3 aromatic rings. The van der Waals surface area contributed by atoms with Crippen molar-refractivity contribution in [2.45, 2.75) is 44.2 Å². The molecule has 0 radical (unpaired) electrons. The Morgan fingerprint density at radius 2 is 1.84 bits per heavy atom. The molecule has 5 rings (SSSR count). The molecular formula is C29H29N5O3. The summed E-state index contributed by atoms with van der Waals surface area (Å²) >= 11 is 0. The van der Waals surface area contributed by atoms with Gasteiger partial charge in [-0.1, -0.05) is 62.4 Å². The van der Waals surface area contributed by atoms with Crippen LogP contribution in [0.15, 0.2) is 66.7 Å². The number of likely N-dealkylation sites (tertiary alicyclic amines) is 1. The fraction of sp³-hybridized carbons (Fsp3) is 0.310. The lowest BCUT2D eigenvalue weighted by molar-refractivity contribution is -0.134. The molecule has 8 nitrogen and oxygen atoms in total. The minimum absolute atomic E-state index is 0.0953. The van der Waals surface area contributed by atoms with Gasteiger partial charge in [-0.05, 0) is 41.7 Å². The van der Waals surface area contributed by atoms with E-state index in [0.29, 0.717) is 17.8 Å². The minimum atomic E-state index is -0.969. The van der Waals surface area contributed by atoms with E-state index in [9.17, 15) is 19.6 Å². The maximum Gasteiger partial charge on any atom is 0.268 e. The van der Waals surface area contributed by atoms with Gasteiger partial charge in [-0.25, -0.2) is 0 Å². The highest BCUT2D eigenvalue weighted by Crippen LogP contribution is 2.46. The highest BCUT2D eigenvalue weighted by Gasteiger charge is 2.56. The number of aromatic amines is 1. The Labute approximate surface area is 215 Å². The summed E-state index contributed by atoms with van der Waals surface area (Å²) in [6.07, 6.45) is 0.624.